The van der Waals surface area contributed by atoms with Crippen molar-refractivity contribution in [2.24, 2.45) is 5.92 Å². The fraction of sp³-hybridized carbons (Fsp3) is 0.526. The van der Waals surface area contributed by atoms with Gasteiger partial charge in [-0.2, -0.15) is 0 Å². The Kier molecular flexibility index (Phi) is 5.48. The topological polar surface area (TPSA) is 84.2 Å². The van der Waals surface area contributed by atoms with Crippen LogP contribution < -0.4 is 10.9 Å². The summed E-state index contributed by atoms with van der Waals surface area (Å²) in [7, 11) is 0. The molecule has 1 aromatic carbocycles. The third-order valence-corrected chi connectivity index (χ3v) is 5.11. The Morgan fingerprint density at radius 2 is 2.12 bits per heavy atom. The number of carbonyl (C=O) groups excluding carboxylic acids is 1. The number of hydrogen-bond donors (Lipinski definition) is 2. The normalized spacial score (nSPS) is 21.0. The van der Waals surface area contributed by atoms with E-state index < -0.39 is 0 Å². The van der Waals surface area contributed by atoms with E-state index in [0.717, 1.165) is 37.7 Å². The summed E-state index contributed by atoms with van der Waals surface area (Å²) in [4.78, 5) is 29.3. The average molecular weight is 343 g/mol. The molecule has 1 aliphatic carbocycles. The fourth-order valence-corrected chi connectivity index (χ4v) is 3.65. The van der Waals surface area contributed by atoms with Gasteiger partial charge in [0.25, 0.3) is 5.56 Å². The molecular formula is C19H25N3O3. The van der Waals surface area contributed by atoms with Gasteiger partial charge in [0, 0.05) is 18.6 Å². The van der Waals surface area contributed by atoms with Crippen molar-refractivity contribution >= 4 is 16.8 Å². The molecule has 2 aromatic rings. The van der Waals surface area contributed by atoms with Gasteiger partial charge in [0.1, 0.15) is 6.54 Å². The van der Waals surface area contributed by atoms with Crippen LogP contribution in [0, 0.1) is 12.8 Å². The highest BCUT2D eigenvalue weighted by Crippen LogP contribution is 2.23. The second-order valence-corrected chi connectivity index (χ2v) is 6.90. The highest BCUT2D eigenvalue weighted by atomic mass is 16.3. The zero-order valence-electron chi connectivity index (χ0n) is 14.6. The van der Waals surface area contributed by atoms with Gasteiger partial charge in [0.2, 0.25) is 5.91 Å². The largest absolute Gasteiger partial charge is 0.396 e. The van der Waals surface area contributed by atoms with Crippen LogP contribution in [0.15, 0.2) is 29.3 Å². The van der Waals surface area contributed by atoms with E-state index in [0.29, 0.717) is 10.9 Å². The molecule has 0 aliphatic heterocycles. The van der Waals surface area contributed by atoms with Gasteiger partial charge in [-0.3, -0.25) is 14.2 Å². The number of nitrogens with zero attached hydrogens (tertiary/aromatic N) is 2. The number of aromatic nitrogens is 2. The van der Waals surface area contributed by atoms with Crippen molar-refractivity contribution < 1.29 is 9.90 Å². The summed E-state index contributed by atoms with van der Waals surface area (Å²) in [5.74, 6) is -0.109. The van der Waals surface area contributed by atoms with Gasteiger partial charge in [0.05, 0.1) is 17.2 Å². The first-order valence-electron chi connectivity index (χ1n) is 8.95. The van der Waals surface area contributed by atoms with Crippen LogP contribution >= 0.6 is 0 Å². The van der Waals surface area contributed by atoms with Crippen LogP contribution in [0.1, 0.15) is 37.7 Å². The van der Waals surface area contributed by atoms with E-state index in [1.165, 1.54) is 10.9 Å². The minimum Gasteiger partial charge on any atom is -0.396 e. The Morgan fingerprint density at radius 3 is 2.92 bits per heavy atom. The lowest BCUT2D eigenvalue weighted by atomic mass is 9.95. The number of amides is 1. The van der Waals surface area contributed by atoms with Crippen LogP contribution in [-0.2, 0) is 11.3 Å². The van der Waals surface area contributed by atoms with Crippen molar-refractivity contribution in [3.05, 3.63) is 40.4 Å². The van der Waals surface area contributed by atoms with Gasteiger partial charge in [-0.15, -0.1) is 0 Å². The molecule has 3 rings (SSSR count). The maximum atomic E-state index is 12.6. The molecule has 1 amide bonds. The molecule has 2 unspecified atom stereocenters. The molecule has 1 aromatic heterocycles. The molecule has 134 valence electrons. The summed E-state index contributed by atoms with van der Waals surface area (Å²) < 4.78 is 1.35. The van der Waals surface area contributed by atoms with Gasteiger partial charge < -0.3 is 10.4 Å². The van der Waals surface area contributed by atoms with Gasteiger partial charge in [0.15, 0.2) is 0 Å². The van der Waals surface area contributed by atoms with Gasteiger partial charge in [-0.05, 0) is 31.4 Å². The van der Waals surface area contributed by atoms with E-state index in [4.69, 9.17) is 0 Å². The van der Waals surface area contributed by atoms with E-state index >= 15 is 0 Å². The lowest BCUT2D eigenvalue weighted by molar-refractivity contribution is -0.123. The van der Waals surface area contributed by atoms with Crippen LogP contribution in [0.5, 0.6) is 0 Å². The van der Waals surface area contributed by atoms with Gasteiger partial charge >= 0.3 is 0 Å². The molecule has 0 radical (unpaired) electrons. The summed E-state index contributed by atoms with van der Waals surface area (Å²) >= 11 is 0. The number of aryl methyl sites for hydroxylation is 1. The predicted molar refractivity (Wildman–Crippen MR) is 96.3 cm³/mol. The molecule has 0 bridgehead atoms. The molecule has 6 heteroatoms. The number of para-hydroxylation sites is 1. The van der Waals surface area contributed by atoms with Crippen LogP contribution in [-0.4, -0.2) is 33.2 Å². The zero-order chi connectivity index (χ0) is 17.8. The molecule has 6 nitrogen and oxygen atoms in total. The van der Waals surface area contributed by atoms with E-state index in [2.05, 4.69) is 10.3 Å². The molecule has 0 saturated heterocycles. The Labute approximate surface area is 146 Å². The number of benzene rings is 1. The first kappa shape index (κ1) is 17.6. The molecule has 0 spiro atoms. The third-order valence-electron chi connectivity index (χ3n) is 5.11. The summed E-state index contributed by atoms with van der Waals surface area (Å²) in [5, 5.41) is 13.1. The Hall–Kier alpha value is -2.21. The maximum Gasteiger partial charge on any atom is 0.261 e. The number of rotatable bonds is 4. The summed E-state index contributed by atoms with van der Waals surface area (Å²) in [5.41, 5.74) is 1.41. The van der Waals surface area contributed by atoms with E-state index in [1.54, 1.807) is 6.07 Å². The monoisotopic (exact) mass is 343 g/mol. The minimum absolute atomic E-state index is 0.0219. The second-order valence-electron chi connectivity index (χ2n) is 6.90. The minimum atomic E-state index is -0.207. The van der Waals surface area contributed by atoms with Crippen LogP contribution in [0.25, 0.3) is 10.9 Å². The maximum absolute atomic E-state index is 12.6. The van der Waals surface area contributed by atoms with E-state index in [1.807, 2.05) is 19.1 Å². The van der Waals surface area contributed by atoms with E-state index in [9.17, 15) is 14.7 Å². The van der Waals surface area contributed by atoms with Crippen LogP contribution in [0.3, 0.4) is 0 Å². The number of aliphatic hydroxyl groups excluding tert-OH is 1. The molecule has 1 aliphatic rings. The SMILES string of the molecule is Cc1cccc2c(=O)n(CC(=O)NC3CCCCCC3CO)cnc12. The summed E-state index contributed by atoms with van der Waals surface area (Å²) in [6.07, 6.45) is 6.52. The lowest BCUT2D eigenvalue weighted by Gasteiger charge is -2.24. The van der Waals surface area contributed by atoms with Crippen molar-refractivity contribution in [3.63, 3.8) is 0 Å². The third kappa shape index (κ3) is 3.90. The first-order valence-corrected chi connectivity index (χ1v) is 8.95. The first-order chi connectivity index (χ1) is 12.1. The Bertz CT molecular complexity index is 815. The van der Waals surface area contributed by atoms with Crippen molar-refractivity contribution in [1.82, 2.24) is 14.9 Å². The molecule has 1 heterocycles. The molecule has 1 fully saturated rings. The lowest BCUT2D eigenvalue weighted by Crippen LogP contribution is -2.43. The van der Waals surface area contributed by atoms with Crippen LogP contribution in [0.2, 0.25) is 0 Å². The van der Waals surface area contributed by atoms with Gasteiger partial charge in [-0.25, -0.2) is 4.98 Å². The van der Waals surface area contributed by atoms with Crippen molar-refractivity contribution in [1.29, 1.82) is 0 Å². The molecular weight excluding hydrogens is 318 g/mol. The highest BCUT2D eigenvalue weighted by Gasteiger charge is 2.24. The number of fused-ring (bicyclic) bond motifs is 1. The van der Waals surface area contributed by atoms with Crippen LogP contribution in [0.4, 0.5) is 0 Å². The van der Waals surface area contributed by atoms with Crippen molar-refractivity contribution in [2.45, 2.75) is 51.6 Å². The van der Waals surface area contributed by atoms with Gasteiger partial charge in [-0.1, -0.05) is 31.4 Å². The Morgan fingerprint density at radius 1 is 1.32 bits per heavy atom. The quantitative estimate of drug-likeness (QED) is 0.829. The molecule has 2 atom stereocenters. The fourth-order valence-electron chi connectivity index (χ4n) is 3.65. The van der Waals surface area contributed by atoms with Crippen molar-refractivity contribution in [2.75, 3.05) is 6.61 Å². The highest BCUT2D eigenvalue weighted by molar-refractivity contribution is 5.81. The second kappa shape index (κ2) is 7.78. The average Bonchev–Trinajstić information content (AvgIpc) is 2.83. The molecule has 1 saturated carbocycles. The predicted octanol–water partition coefficient (Wildman–Crippen LogP) is 1.76. The molecule has 2 N–H and O–H groups in total. The van der Waals surface area contributed by atoms with E-state index in [-0.39, 0.29) is 36.6 Å². The number of carbonyl (C=O) groups is 1. The number of nitrogens with one attached hydrogen (secondary N) is 1. The smallest absolute Gasteiger partial charge is 0.261 e. The zero-order valence-corrected chi connectivity index (χ0v) is 14.6. The number of hydrogen-bond acceptors (Lipinski definition) is 4. The number of aliphatic hydroxyl groups is 1. The summed E-state index contributed by atoms with van der Waals surface area (Å²) in [6, 6.07) is 5.44. The van der Waals surface area contributed by atoms with Crippen molar-refractivity contribution in [3.8, 4) is 0 Å². The molecule has 25 heavy (non-hydrogen) atoms. The Balaban J connectivity index is 1.75. The standard InChI is InChI=1S/C19H25N3O3/c1-13-6-5-8-15-18(13)20-12-22(19(15)25)10-17(24)21-16-9-4-2-3-7-14(16)11-23/h5-6,8,12,14,16,23H,2-4,7,9-11H2,1H3,(H,21,24). The summed E-state index contributed by atoms with van der Waals surface area (Å²) in [6.45, 7) is 1.94.